The molecule has 2 amide bonds. The van der Waals surface area contributed by atoms with Crippen molar-refractivity contribution in [2.24, 2.45) is 0 Å². The molecule has 1 heterocycles. The summed E-state index contributed by atoms with van der Waals surface area (Å²) < 4.78 is 0. The predicted molar refractivity (Wildman–Crippen MR) is 97.9 cm³/mol. The van der Waals surface area contributed by atoms with Gasteiger partial charge in [0.2, 0.25) is 0 Å². The van der Waals surface area contributed by atoms with Crippen LogP contribution in [0.4, 0.5) is 4.79 Å². The van der Waals surface area contributed by atoms with Crippen LogP contribution < -0.4 is 5.32 Å². The second kappa shape index (κ2) is 8.52. The second-order valence-corrected chi connectivity index (χ2v) is 7.23. The molecule has 1 aliphatic heterocycles. The SMILES string of the molecule is CCN(C(=O)NC1CCCCC1)C1CCN(Cc2ccccc2)C1. The average Bonchev–Trinajstić information content (AvgIpc) is 3.05. The molecule has 1 unspecified atom stereocenters. The summed E-state index contributed by atoms with van der Waals surface area (Å²) in [6.07, 6.45) is 7.21. The van der Waals surface area contributed by atoms with Gasteiger partial charge in [0, 0.05) is 38.3 Å². The van der Waals surface area contributed by atoms with E-state index in [1.54, 1.807) is 0 Å². The van der Waals surface area contributed by atoms with Crippen LogP contribution in [0.2, 0.25) is 0 Å². The van der Waals surface area contributed by atoms with Gasteiger partial charge in [0.15, 0.2) is 0 Å². The number of likely N-dealkylation sites (tertiary alicyclic amines) is 1. The van der Waals surface area contributed by atoms with Gasteiger partial charge in [-0.1, -0.05) is 49.6 Å². The Morgan fingerprint density at radius 3 is 2.62 bits per heavy atom. The van der Waals surface area contributed by atoms with Gasteiger partial charge in [-0.2, -0.15) is 0 Å². The highest BCUT2D eigenvalue weighted by Gasteiger charge is 2.30. The molecule has 3 rings (SSSR count). The Morgan fingerprint density at radius 2 is 1.92 bits per heavy atom. The maximum atomic E-state index is 12.7. The lowest BCUT2D eigenvalue weighted by Crippen LogP contribution is -2.50. The first-order valence-corrected chi connectivity index (χ1v) is 9.59. The van der Waals surface area contributed by atoms with Gasteiger partial charge in [0.05, 0.1) is 0 Å². The number of likely N-dealkylation sites (N-methyl/N-ethyl adjacent to an activating group) is 1. The minimum Gasteiger partial charge on any atom is -0.335 e. The van der Waals surface area contributed by atoms with Gasteiger partial charge < -0.3 is 10.2 Å². The molecule has 1 saturated heterocycles. The average molecular weight is 329 g/mol. The Hall–Kier alpha value is -1.55. The van der Waals surface area contributed by atoms with Crippen molar-refractivity contribution in [1.29, 1.82) is 0 Å². The van der Waals surface area contributed by atoms with Crippen molar-refractivity contribution >= 4 is 6.03 Å². The van der Waals surface area contributed by atoms with Crippen LogP contribution in [0, 0.1) is 0 Å². The number of amides is 2. The number of rotatable bonds is 5. The number of carbonyl (C=O) groups is 1. The van der Waals surface area contributed by atoms with Gasteiger partial charge in [-0.25, -0.2) is 4.79 Å². The largest absolute Gasteiger partial charge is 0.335 e. The van der Waals surface area contributed by atoms with E-state index in [1.807, 2.05) is 0 Å². The highest BCUT2D eigenvalue weighted by Crippen LogP contribution is 2.20. The minimum absolute atomic E-state index is 0.149. The molecule has 1 aromatic rings. The number of carbonyl (C=O) groups excluding carboxylic acids is 1. The number of urea groups is 1. The van der Waals surface area contributed by atoms with E-state index >= 15 is 0 Å². The lowest BCUT2D eigenvalue weighted by molar-refractivity contribution is 0.170. The number of nitrogens with zero attached hydrogens (tertiary/aromatic N) is 2. The van der Waals surface area contributed by atoms with E-state index in [9.17, 15) is 4.79 Å². The fourth-order valence-corrected chi connectivity index (χ4v) is 4.12. The fourth-order valence-electron chi connectivity index (χ4n) is 4.12. The number of benzene rings is 1. The monoisotopic (exact) mass is 329 g/mol. The van der Waals surface area contributed by atoms with E-state index in [0.29, 0.717) is 12.1 Å². The highest BCUT2D eigenvalue weighted by atomic mass is 16.2. The molecule has 1 saturated carbocycles. The number of hydrogen-bond acceptors (Lipinski definition) is 2. The van der Waals surface area contributed by atoms with E-state index in [1.165, 1.54) is 24.8 Å². The molecule has 1 aliphatic carbocycles. The normalized spacial score (nSPS) is 22.5. The maximum Gasteiger partial charge on any atom is 0.317 e. The zero-order chi connectivity index (χ0) is 16.8. The maximum absolute atomic E-state index is 12.7. The van der Waals surface area contributed by atoms with Gasteiger partial charge in [-0.3, -0.25) is 4.90 Å². The van der Waals surface area contributed by atoms with Crippen molar-refractivity contribution in [2.45, 2.75) is 64.1 Å². The molecular formula is C20H31N3O. The van der Waals surface area contributed by atoms with E-state index in [-0.39, 0.29) is 6.03 Å². The summed E-state index contributed by atoms with van der Waals surface area (Å²) in [5.74, 6) is 0. The summed E-state index contributed by atoms with van der Waals surface area (Å²) in [7, 11) is 0. The lowest BCUT2D eigenvalue weighted by Gasteiger charge is -2.31. The van der Waals surface area contributed by atoms with Crippen LogP contribution in [0.25, 0.3) is 0 Å². The van der Waals surface area contributed by atoms with Crippen molar-refractivity contribution in [3.63, 3.8) is 0 Å². The Morgan fingerprint density at radius 1 is 1.17 bits per heavy atom. The molecule has 4 heteroatoms. The third kappa shape index (κ3) is 4.50. The quantitative estimate of drug-likeness (QED) is 0.895. The standard InChI is InChI=1S/C20H31N3O/c1-2-23(20(24)21-18-11-7-4-8-12-18)19-13-14-22(16-19)15-17-9-5-3-6-10-17/h3,5-6,9-10,18-19H,2,4,7-8,11-16H2,1H3,(H,21,24). The van der Waals surface area contributed by atoms with Crippen LogP contribution in [0.1, 0.15) is 51.0 Å². The molecule has 0 aromatic heterocycles. The van der Waals surface area contributed by atoms with E-state index < -0.39 is 0 Å². The molecular weight excluding hydrogens is 298 g/mol. The predicted octanol–water partition coefficient (Wildman–Crippen LogP) is 3.63. The van der Waals surface area contributed by atoms with Crippen LogP contribution in [0.15, 0.2) is 30.3 Å². The topological polar surface area (TPSA) is 35.6 Å². The van der Waals surface area contributed by atoms with Crippen molar-refractivity contribution in [3.05, 3.63) is 35.9 Å². The van der Waals surface area contributed by atoms with E-state index in [2.05, 4.69) is 52.4 Å². The molecule has 0 spiro atoms. The van der Waals surface area contributed by atoms with Crippen LogP contribution in [0.5, 0.6) is 0 Å². The third-order valence-corrected chi connectivity index (χ3v) is 5.47. The van der Waals surface area contributed by atoms with Crippen LogP contribution in [-0.2, 0) is 6.54 Å². The Kier molecular flexibility index (Phi) is 6.13. The first-order chi connectivity index (χ1) is 11.8. The summed E-state index contributed by atoms with van der Waals surface area (Å²) in [6.45, 7) is 5.94. The summed E-state index contributed by atoms with van der Waals surface area (Å²) in [5.41, 5.74) is 1.35. The summed E-state index contributed by atoms with van der Waals surface area (Å²) >= 11 is 0. The van der Waals surface area contributed by atoms with Gasteiger partial charge in [-0.15, -0.1) is 0 Å². The molecule has 2 aliphatic rings. The first kappa shape index (κ1) is 17.3. The van der Waals surface area contributed by atoms with Gasteiger partial charge in [0.25, 0.3) is 0 Å². The summed E-state index contributed by atoms with van der Waals surface area (Å²) in [5, 5.41) is 3.28. The van der Waals surface area contributed by atoms with Crippen molar-refractivity contribution in [1.82, 2.24) is 15.1 Å². The van der Waals surface area contributed by atoms with Crippen molar-refractivity contribution < 1.29 is 4.79 Å². The molecule has 2 fully saturated rings. The third-order valence-electron chi connectivity index (χ3n) is 5.47. The highest BCUT2D eigenvalue weighted by molar-refractivity contribution is 5.75. The number of hydrogen-bond donors (Lipinski definition) is 1. The molecule has 24 heavy (non-hydrogen) atoms. The van der Waals surface area contributed by atoms with Gasteiger partial charge in [0.1, 0.15) is 0 Å². The molecule has 1 aromatic carbocycles. The molecule has 4 nitrogen and oxygen atoms in total. The smallest absolute Gasteiger partial charge is 0.317 e. The first-order valence-electron chi connectivity index (χ1n) is 9.59. The van der Waals surface area contributed by atoms with Crippen LogP contribution in [-0.4, -0.2) is 47.5 Å². The Bertz CT molecular complexity index is 513. The van der Waals surface area contributed by atoms with Crippen molar-refractivity contribution in [2.75, 3.05) is 19.6 Å². The Labute approximate surface area is 146 Å². The minimum atomic E-state index is 0.149. The molecule has 1 N–H and O–H groups in total. The van der Waals surface area contributed by atoms with Crippen molar-refractivity contribution in [3.8, 4) is 0 Å². The lowest BCUT2D eigenvalue weighted by atomic mass is 9.96. The summed E-state index contributed by atoms with van der Waals surface area (Å²) in [6, 6.07) is 11.5. The second-order valence-electron chi connectivity index (χ2n) is 7.23. The zero-order valence-electron chi connectivity index (χ0n) is 14.9. The molecule has 0 radical (unpaired) electrons. The van der Waals surface area contributed by atoms with Gasteiger partial charge in [-0.05, 0) is 31.7 Å². The van der Waals surface area contributed by atoms with Gasteiger partial charge >= 0.3 is 6.03 Å². The van der Waals surface area contributed by atoms with E-state index in [0.717, 1.165) is 45.4 Å². The van der Waals surface area contributed by atoms with E-state index in [4.69, 9.17) is 0 Å². The molecule has 1 atom stereocenters. The van der Waals surface area contributed by atoms with Crippen LogP contribution in [0.3, 0.4) is 0 Å². The number of nitrogens with one attached hydrogen (secondary N) is 1. The molecule has 132 valence electrons. The molecule has 0 bridgehead atoms. The van der Waals surface area contributed by atoms with Crippen LogP contribution >= 0.6 is 0 Å². The Balaban J connectivity index is 1.51. The summed E-state index contributed by atoms with van der Waals surface area (Å²) in [4.78, 5) is 17.2. The fraction of sp³-hybridized carbons (Fsp3) is 0.650. The zero-order valence-corrected chi connectivity index (χ0v) is 14.9.